The average molecular weight is 337 g/mol. The normalized spacial score (nSPS) is 10.6. The molecule has 0 fully saturated rings. The molecule has 0 radical (unpaired) electrons. The second kappa shape index (κ2) is 7.68. The Balaban J connectivity index is 2.08. The van der Waals surface area contributed by atoms with E-state index in [1.54, 1.807) is 24.3 Å². The number of halogens is 2. The molecule has 0 bridgehead atoms. The molecule has 0 spiro atoms. The molecule has 5 nitrogen and oxygen atoms in total. The van der Waals surface area contributed by atoms with Crippen LogP contribution in [0.3, 0.4) is 0 Å². The SMILES string of the molecule is NC(=O)c1cccc(CNC(=O)c2cccnc2SC(F)F)c1. The molecule has 2 aromatic rings. The number of amides is 2. The summed E-state index contributed by atoms with van der Waals surface area (Å²) in [6, 6.07) is 9.40. The Hall–Kier alpha value is -2.48. The van der Waals surface area contributed by atoms with E-state index in [1.165, 1.54) is 18.3 Å². The van der Waals surface area contributed by atoms with E-state index in [-0.39, 0.29) is 28.9 Å². The van der Waals surface area contributed by atoms with E-state index in [2.05, 4.69) is 10.3 Å². The van der Waals surface area contributed by atoms with Crippen LogP contribution in [-0.4, -0.2) is 22.6 Å². The van der Waals surface area contributed by atoms with Gasteiger partial charge in [0.15, 0.2) is 0 Å². The first-order valence-electron chi connectivity index (χ1n) is 6.54. The zero-order chi connectivity index (χ0) is 16.8. The first kappa shape index (κ1) is 16.9. The Morgan fingerprint density at radius 3 is 2.74 bits per heavy atom. The lowest BCUT2D eigenvalue weighted by Gasteiger charge is -2.09. The predicted molar refractivity (Wildman–Crippen MR) is 82.2 cm³/mol. The monoisotopic (exact) mass is 337 g/mol. The first-order chi connectivity index (χ1) is 11.0. The topological polar surface area (TPSA) is 85.1 Å². The molecule has 0 aliphatic rings. The van der Waals surface area contributed by atoms with Crippen molar-refractivity contribution in [1.29, 1.82) is 0 Å². The fourth-order valence-electron chi connectivity index (χ4n) is 1.85. The minimum atomic E-state index is -2.66. The summed E-state index contributed by atoms with van der Waals surface area (Å²) in [7, 11) is 0. The number of alkyl halides is 2. The summed E-state index contributed by atoms with van der Waals surface area (Å²) < 4.78 is 25.0. The van der Waals surface area contributed by atoms with Crippen molar-refractivity contribution in [2.75, 3.05) is 0 Å². The largest absolute Gasteiger partial charge is 0.366 e. The minimum Gasteiger partial charge on any atom is -0.366 e. The van der Waals surface area contributed by atoms with Crippen molar-refractivity contribution in [1.82, 2.24) is 10.3 Å². The van der Waals surface area contributed by atoms with Crippen LogP contribution in [0.4, 0.5) is 8.78 Å². The first-order valence-corrected chi connectivity index (χ1v) is 7.42. The Morgan fingerprint density at radius 1 is 1.26 bits per heavy atom. The molecule has 0 unspecified atom stereocenters. The molecule has 2 rings (SSSR count). The molecule has 1 aromatic carbocycles. The van der Waals surface area contributed by atoms with Crippen molar-refractivity contribution >= 4 is 23.6 Å². The highest BCUT2D eigenvalue weighted by Gasteiger charge is 2.16. The molecule has 3 N–H and O–H groups in total. The van der Waals surface area contributed by atoms with E-state index in [1.807, 2.05) is 0 Å². The van der Waals surface area contributed by atoms with Gasteiger partial charge in [0.05, 0.1) is 5.56 Å². The Kier molecular flexibility index (Phi) is 5.64. The number of pyridine rings is 1. The van der Waals surface area contributed by atoms with Gasteiger partial charge in [-0.25, -0.2) is 4.98 Å². The van der Waals surface area contributed by atoms with Crippen molar-refractivity contribution < 1.29 is 18.4 Å². The van der Waals surface area contributed by atoms with Crippen LogP contribution in [0.2, 0.25) is 0 Å². The van der Waals surface area contributed by atoms with Gasteiger partial charge in [-0.15, -0.1) is 0 Å². The van der Waals surface area contributed by atoms with Crippen LogP contribution in [0.25, 0.3) is 0 Å². The van der Waals surface area contributed by atoms with Gasteiger partial charge in [-0.3, -0.25) is 9.59 Å². The fourth-order valence-corrected chi connectivity index (χ4v) is 2.43. The van der Waals surface area contributed by atoms with Gasteiger partial charge in [0, 0.05) is 18.3 Å². The van der Waals surface area contributed by atoms with Crippen molar-refractivity contribution in [3.05, 3.63) is 59.3 Å². The maximum absolute atomic E-state index is 12.5. The van der Waals surface area contributed by atoms with Gasteiger partial charge in [-0.05, 0) is 41.6 Å². The molecule has 0 saturated carbocycles. The molecule has 0 saturated heterocycles. The third-order valence-electron chi connectivity index (χ3n) is 2.88. The van der Waals surface area contributed by atoms with Crippen molar-refractivity contribution in [2.24, 2.45) is 5.73 Å². The molecular weight excluding hydrogens is 324 g/mol. The number of rotatable bonds is 6. The molecular formula is C15H13F2N3O2S. The molecule has 0 aliphatic carbocycles. The Labute approximate surface area is 135 Å². The fraction of sp³-hybridized carbons (Fsp3) is 0.133. The van der Waals surface area contributed by atoms with E-state index in [0.29, 0.717) is 11.1 Å². The summed E-state index contributed by atoms with van der Waals surface area (Å²) in [6.07, 6.45) is 1.35. The third kappa shape index (κ3) is 4.75. The van der Waals surface area contributed by atoms with E-state index in [0.717, 1.165) is 0 Å². The van der Waals surface area contributed by atoms with Crippen molar-refractivity contribution in [3.8, 4) is 0 Å². The molecule has 23 heavy (non-hydrogen) atoms. The van der Waals surface area contributed by atoms with Gasteiger partial charge in [0.25, 0.3) is 11.7 Å². The summed E-state index contributed by atoms with van der Waals surface area (Å²) in [5.74, 6) is -3.75. The standard InChI is InChI=1S/C15H13F2N3O2S/c16-15(17)23-14-11(5-2-6-19-14)13(22)20-8-9-3-1-4-10(7-9)12(18)21/h1-7,15H,8H2,(H2,18,21)(H,20,22). The summed E-state index contributed by atoms with van der Waals surface area (Å²) >= 11 is 0.215. The van der Waals surface area contributed by atoms with Crippen LogP contribution < -0.4 is 11.1 Å². The molecule has 0 atom stereocenters. The highest BCUT2D eigenvalue weighted by atomic mass is 32.2. The van der Waals surface area contributed by atoms with Gasteiger partial charge in [-0.2, -0.15) is 8.78 Å². The number of carbonyl (C=O) groups is 2. The third-order valence-corrected chi connectivity index (χ3v) is 3.61. The maximum Gasteiger partial charge on any atom is 0.290 e. The van der Waals surface area contributed by atoms with Gasteiger partial charge in [0.2, 0.25) is 5.91 Å². The van der Waals surface area contributed by atoms with Gasteiger partial charge in [-0.1, -0.05) is 12.1 Å². The Bertz CT molecular complexity index is 725. The van der Waals surface area contributed by atoms with Crippen LogP contribution in [-0.2, 0) is 6.54 Å². The zero-order valence-corrected chi connectivity index (χ0v) is 12.6. The number of hydrogen-bond donors (Lipinski definition) is 2. The molecule has 2 amide bonds. The summed E-state index contributed by atoms with van der Waals surface area (Å²) in [4.78, 5) is 27.0. The highest BCUT2D eigenvalue weighted by molar-refractivity contribution is 7.99. The summed E-state index contributed by atoms with van der Waals surface area (Å²) in [5.41, 5.74) is 6.25. The van der Waals surface area contributed by atoms with Crippen molar-refractivity contribution in [2.45, 2.75) is 17.3 Å². The summed E-state index contributed by atoms with van der Waals surface area (Å²) in [5, 5.41) is 2.57. The van der Waals surface area contributed by atoms with Crippen molar-refractivity contribution in [3.63, 3.8) is 0 Å². The second-order valence-electron chi connectivity index (χ2n) is 4.48. The number of thioether (sulfide) groups is 1. The van der Waals surface area contributed by atoms with Gasteiger partial charge < -0.3 is 11.1 Å². The van der Waals surface area contributed by atoms with Crippen LogP contribution in [0.1, 0.15) is 26.3 Å². The average Bonchev–Trinajstić information content (AvgIpc) is 2.53. The van der Waals surface area contributed by atoms with Crippen LogP contribution in [0.15, 0.2) is 47.6 Å². The highest BCUT2D eigenvalue weighted by Crippen LogP contribution is 2.26. The molecule has 0 aliphatic heterocycles. The number of primary amides is 1. The van der Waals surface area contributed by atoms with Crippen LogP contribution in [0, 0.1) is 0 Å². The minimum absolute atomic E-state index is 0.0362. The second-order valence-corrected chi connectivity index (χ2v) is 5.46. The van der Waals surface area contributed by atoms with E-state index in [9.17, 15) is 18.4 Å². The maximum atomic E-state index is 12.5. The zero-order valence-electron chi connectivity index (χ0n) is 11.8. The van der Waals surface area contributed by atoms with E-state index in [4.69, 9.17) is 5.73 Å². The quantitative estimate of drug-likeness (QED) is 0.793. The predicted octanol–water partition coefficient (Wildman–Crippen LogP) is 2.43. The van der Waals surface area contributed by atoms with Crippen LogP contribution in [0.5, 0.6) is 0 Å². The smallest absolute Gasteiger partial charge is 0.290 e. The number of carbonyl (C=O) groups excluding carboxylic acids is 2. The van der Waals surface area contributed by atoms with E-state index >= 15 is 0 Å². The molecule has 1 heterocycles. The number of nitrogens with one attached hydrogen (secondary N) is 1. The molecule has 8 heteroatoms. The number of aromatic nitrogens is 1. The summed E-state index contributed by atoms with van der Waals surface area (Å²) in [6.45, 7) is 0.133. The Morgan fingerprint density at radius 2 is 2.04 bits per heavy atom. The number of benzene rings is 1. The lowest BCUT2D eigenvalue weighted by molar-refractivity contribution is 0.0946. The molecule has 1 aromatic heterocycles. The van der Waals surface area contributed by atoms with Gasteiger partial charge in [0.1, 0.15) is 5.03 Å². The number of nitrogens with zero attached hydrogens (tertiary/aromatic N) is 1. The lowest BCUT2D eigenvalue weighted by Crippen LogP contribution is -2.24. The van der Waals surface area contributed by atoms with Gasteiger partial charge >= 0.3 is 0 Å². The molecule has 120 valence electrons. The number of hydrogen-bond acceptors (Lipinski definition) is 4. The lowest BCUT2D eigenvalue weighted by atomic mass is 10.1. The number of nitrogens with two attached hydrogens (primary N) is 1. The van der Waals surface area contributed by atoms with E-state index < -0.39 is 17.6 Å². The van der Waals surface area contributed by atoms with Crippen LogP contribution >= 0.6 is 11.8 Å².